The predicted molar refractivity (Wildman–Crippen MR) is 125 cm³/mol. The van der Waals surface area contributed by atoms with Crippen LogP contribution in [0.4, 0.5) is 5.69 Å². The van der Waals surface area contributed by atoms with Crippen LogP contribution in [0.2, 0.25) is 0 Å². The average Bonchev–Trinajstić information content (AvgIpc) is 3.21. The second-order valence-corrected chi connectivity index (χ2v) is 8.77. The van der Waals surface area contributed by atoms with Crippen molar-refractivity contribution in [3.63, 3.8) is 0 Å². The van der Waals surface area contributed by atoms with Crippen molar-refractivity contribution in [2.45, 2.75) is 20.5 Å². The van der Waals surface area contributed by atoms with E-state index in [-0.39, 0.29) is 23.4 Å². The van der Waals surface area contributed by atoms with Crippen LogP contribution in [0.5, 0.6) is 5.75 Å². The molecule has 0 bridgehead atoms. The van der Waals surface area contributed by atoms with Crippen LogP contribution < -0.4 is 15.4 Å². The highest BCUT2D eigenvalue weighted by molar-refractivity contribution is 7.13. The smallest absolute Gasteiger partial charge is 0.286 e. The topological polar surface area (TPSA) is 96.5 Å². The van der Waals surface area contributed by atoms with Crippen molar-refractivity contribution in [1.29, 1.82) is 0 Å². The van der Waals surface area contributed by atoms with Gasteiger partial charge in [-0.05, 0) is 75.5 Å². The maximum absolute atomic E-state index is 12.5. The van der Waals surface area contributed by atoms with Gasteiger partial charge in [-0.2, -0.15) is 0 Å². The van der Waals surface area contributed by atoms with Crippen molar-refractivity contribution in [2.75, 3.05) is 32.5 Å². The molecule has 0 saturated heterocycles. The maximum Gasteiger partial charge on any atom is 0.286 e. The highest BCUT2D eigenvalue weighted by atomic mass is 32.1. The number of aromatic nitrogens is 2. The molecule has 2 N–H and O–H groups in total. The quantitative estimate of drug-likeness (QED) is 0.516. The molecule has 0 aliphatic rings. The van der Waals surface area contributed by atoms with E-state index in [1.54, 1.807) is 24.3 Å². The number of amides is 2. The van der Waals surface area contributed by atoms with Crippen molar-refractivity contribution in [2.24, 2.45) is 0 Å². The molecule has 0 atom stereocenters. The summed E-state index contributed by atoms with van der Waals surface area (Å²) < 4.78 is 5.78. The van der Waals surface area contributed by atoms with Crippen LogP contribution in [0, 0.1) is 13.8 Å². The first-order chi connectivity index (χ1) is 15.3. The first-order valence-electron chi connectivity index (χ1n) is 10.2. The van der Waals surface area contributed by atoms with E-state index in [1.165, 1.54) is 11.3 Å². The molecule has 2 aromatic carbocycles. The van der Waals surface area contributed by atoms with Gasteiger partial charge >= 0.3 is 0 Å². The lowest BCUT2D eigenvalue weighted by Gasteiger charge is -2.10. The monoisotopic (exact) mass is 453 g/mol. The van der Waals surface area contributed by atoms with Crippen LogP contribution >= 0.6 is 11.3 Å². The largest absolute Gasteiger partial charge is 0.486 e. The van der Waals surface area contributed by atoms with Crippen LogP contribution in [0.3, 0.4) is 0 Å². The molecule has 0 aliphatic heterocycles. The number of rotatable bonds is 9. The van der Waals surface area contributed by atoms with E-state index >= 15 is 0 Å². The lowest BCUT2D eigenvalue weighted by Crippen LogP contribution is -2.31. The van der Waals surface area contributed by atoms with Gasteiger partial charge in [-0.25, -0.2) is 0 Å². The van der Waals surface area contributed by atoms with Crippen molar-refractivity contribution in [1.82, 2.24) is 20.4 Å². The Hall–Kier alpha value is -3.30. The summed E-state index contributed by atoms with van der Waals surface area (Å²) in [6.45, 7) is 5.59. The summed E-state index contributed by atoms with van der Waals surface area (Å²) in [4.78, 5) is 26.6. The average molecular weight is 454 g/mol. The highest BCUT2D eigenvalue weighted by Gasteiger charge is 2.14. The summed E-state index contributed by atoms with van der Waals surface area (Å²) in [6.07, 6.45) is 0. The molecule has 0 spiro atoms. The molecule has 0 saturated carbocycles. The molecule has 32 heavy (non-hydrogen) atoms. The van der Waals surface area contributed by atoms with Crippen LogP contribution in [-0.2, 0) is 6.61 Å². The molecule has 2 amide bonds. The van der Waals surface area contributed by atoms with E-state index < -0.39 is 0 Å². The Morgan fingerprint density at radius 1 is 1.00 bits per heavy atom. The summed E-state index contributed by atoms with van der Waals surface area (Å²) in [5.41, 5.74) is 3.34. The molecule has 9 heteroatoms. The van der Waals surface area contributed by atoms with Gasteiger partial charge in [0.25, 0.3) is 11.8 Å². The van der Waals surface area contributed by atoms with Crippen molar-refractivity contribution in [3.8, 4) is 5.75 Å². The number of hydrogen-bond acceptors (Lipinski definition) is 7. The zero-order valence-corrected chi connectivity index (χ0v) is 19.5. The number of hydrogen-bond donors (Lipinski definition) is 2. The molecule has 8 nitrogen and oxygen atoms in total. The Kier molecular flexibility index (Phi) is 7.91. The van der Waals surface area contributed by atoms with E-state index in [0.29, 0.717) is 22.8 Å². The van der Waals surface area contributed by atoms with Gasteiger partial charge in [0.1, 0.15) is 12.4 Å². The first kappa shape index (κ1) is 23.4. The number of ether oxygens (including phenoxy) is 1. The SMILES string of the molecule is Cc1cc(C)cc(OCc2nnc(C(=O)Nc3ccc(C(=O)NCCN(C)C)cc3)s2)c1. The van der Waals surface area contributed by atoms with Gasteiger partial charge < -0.3 is 20.3 Å². The Balaban J connectivity index is 1.52. The van der Waals surface area contributed by atoms with Gasteiger partial charge in [0, 0.05) is 24.3 Å². The van der Waals surface area contributed by atoms with E-state index in [4.69, 9.17) is 4.74 Å². The van der Waals surface area contributed by atoms with Gasteiger partial charge in [0.2, 0.25) is 5.01 Å². The van der Waals surface area contributed by atoms with Crippen LogP contribution in [0.25, 0.3) is 0 Å². The molecule has 0 fully saturated rings. The van der Waals surface area contributed by atoms with Gasteiger partial charge in [-0.15, -0.1) is 10.2 Å². The minimum atomic E-state index is -0.358. The minimum absolute atomic E-state index is 0.151. The van der Waals surface area contributed by atoms with Gasteiger partial charge in [-0.3, -0.25) is 9.59 Å². The summed E-state index contributed by atoms with van der Waals surface area (Å²) in [7, 11) is 3.89. The number of likely N-dealkylation sites (N-methyl/N-ethyl adjacent to an activating group) is 1. The van der Waals surface area contributed by atoms with Crippen LogP contribution in [-0.4, -0.2) is 54.1 Å². The van der Waals surface area contributed by atoms with E-state index in [2.05, 4.69) is 26.9 Å². The summed E-state index contributed by atoms with van der Waals surface area (Å²) in [6, 6.07) is 12.7. The van der Waals surface area contributed by atoms with Gasteiger partial charge in [-0.1, -0.05) is 17.4 Å². The maximum atomic E-state index is 12.5. The second-order valence-electron chi connectivity index (χ2n) is 7.70. The Morgan fingerprint density at radius 3 is 2.34 bits per heavy atom. The predicted octanol–water partition coefficient (Wildman–Crippen LogP) is 3.28. The van der Waals surface area contributed by atoms with Gasteiger partial charge in [0.05, 0.1) is 0 Å². The molecule has 3 aromatic rings. The molecule has 1 aromatic heterocycles. The third-order valence-corrected chi connectivity index (χ3v) is 5.36. The molecular weight excluding hydrogens is 426 g/mol. The minimum Gasteiger partial charge on any atom is -0.486 e. The number of aryl methyl sites for hydroxylation is 2. The number of carbonyl (C=O) groups is 2. The zero-order chi connectivity index (χ0) is 23.1. The highest BCUT2D eigenvalue weighted by Crippen LogP contribution is 2.19. The zero-order valence-electron chi connectivity index (χ0n) is 18.6. The standard InChI is InChI=1S/C23H27N5O3S/c1-15-11-16(2)13-19(12-15)31-14-20-26-27-23(32-20)22(30)25-18-7-5-17(6-8-18)21(29)24-9-10-28(3)4/h5-8,11-13H,9-10,14H2,1-4H3,(H,24,29)(H,25,30). The first-order valence-corrected chi connectivity index (χ1v) is 11.0. The molecular formula is C23H27N5O3S. The fourth-order valence-electron chi connectivity index (χ4n) is 2.95. The van der Waals surface area contributed by atoms with E-state index in [0.717, 1.165) is 23.4 Å². The number of nitrogens with one attached hydrogen (secondary N) is 2. The number of carbonyl (C=O) groups excluding carboxylic acids is 2. The Morgan fingerprint density at radius 2 is 1.69 bits per heavy atom. The number of benzene rings is 2. The molecule has 1 heterocycles. The van der Waals surface area contributed by atoms with E-state index in [9.17, 15) is 9.59 Å². The van der Waals surface area contributed by atoms with Crippen LogP contribution in [0.15, 0.2) is 42.5 Å². The van der Waals surface area contributed by atoms with Crippen molar-refractivity contribution in [3.05, 3.63) is 69.2 Å². The Bertz CT molecular complexity index is 1060. The fraction of sp³-hybridized carbons (Fsp3) is 0.304. The third-order valence-electron chi connectivity index (χ3n) is 4.47. The molecule has 0 radical (unpaired) electrons. The third kappa shape index (κ3) is 6.86. The van der Waals surface area contributed by atoms with E-state index in [1.807, 2.05) is 45.0 Å². The Labute approximate surface area is 191 Å². The van der Waals surface area contributed by atoms with Crippen molar-refractivity contribution < 1.29 is 14.3 Å². The number of nitrogens with zero attached hydrogens (tertiary/aromatic N) is 3. The summed E-state index contributed by atoms with van der Waals surface area (Å²) >= 11 is 1.18. The van der Waals surface area contributed by atoms with Crippen molar-refractivity contribution >= 4 is 28.8 Å². The second kappa shape index (κ2) is 10.8. The molecule has 0 aliphatic carbocycles. The lowest BCUT2D eigenvalue weighted by molar-refractivity contribution is 0.0950. The molecule has 168 valence electrons. The lowest BCUT2D eigenvalue weighted by atomic mass is 10.1. The summed E-state index contributed by atoms with van der Waals surface area (Å²) in [5.74, 6) is 0.250. The normalized spacial score (nSPS) is 10.8. The molecule has 0 unspecified atom stereocenters. The number of anilines is 1. The van der Waals surface area contributed by atoms with Gasteiger partial charge in [0.15, 0.2) is 5.01 Å². The van der Waals surface area contributed by atoms with Crippen LogP contribution in [0.1, 0.15) is 36.3 Å². The summed E-state index contributed by atoms with van der Waals surface area (Å²) in [5, 5.41) is 14.5. The fourth-order valence-corrected chi connectivity index (χ4v) is 3.60. The molecule has 3 rings (SSSR count).